The van der Waals surface area contributed by atoms with Gasteiger partial charge in [0.2, 0.25) is 0 Å². The second kappa shape index (κ2) is 9.76. The highest BCUT2D eigenvalue weighted by molar-refractivity contribution is 6.03. The molecular weight excluding hydrogens is 368 g/mol. The van der Waals surface area contributed by atoms with Crippen LogP contribution >= 0.6 is 0 Å². The van der Waals surface area contributed by atoms with Gasteiger partial charge in [0.25, 0.3) is 5.91 Å². The van der Waals surface area contributed by atoms with E-state index in [9.17, 15) is 4.79 Å². The van der Waals surface area contributed by atoms with Crippen LogP contribution in [0.4, 0.5) is 11.4 Å². The molecule has 1 aromatic heterocycles. The van der Waals surface area contributed by atoms with E-state index in [2.05, 4.69) is 15.6 Å². The van der Waals surface area contributed by atoms with Crippen molar-refractivity contribution < 1.29 is 14.3 Å². The molecule has 0 bridgehead atoms. The zero-order valence-corrected chi connectivity index (χ0v) is 15.9. The molecule has 0 fully saturated rings. The van der Waals surface area contributed by atoms with E-state index in [1.165, 1.54) is 0 Å². The molecule has 1 heterocycles. The van der Waals surface area contributed by atoms with E-state index in [1.54, 1.807) is 49.7 Å². The van der Waals surface area contributed by atoms with Gasteiger partial charge in [-0.05, 0) is 54.6 Å². The Balaban J connectivity index is 1.46. The van der Waals surface area contributed by atoms with Crippen LogP contribution in [0.2, 0.25) is 0 Å². The first-order chi connectivity index (χ1) is 14.2. The summed E-state index contributed by atoms with van der Waals surface area (Å²) in [5, 5.41) is 14.8. The number of nitrogens with one attached hydrogen (secondary N) is 2. The first kappa shape index (κ1) is 19.7. The molecule has 0 aliphatic rings. The van der Waals surface area contributed by atoms with Crippen molar-refractivity contribution >= 4 is 17.3 Å². The Bertz CT molecular complexity index is 996. The summed E-state index contributed by atoms with van der Waals surface area (Å²) in [6.45, 7) is 1.06. The second-order valence-corrected chi connectivity index (χ2v) is 6.03. The molecule has 0 radical (unpaired) electrons. The molecule has 0 saturated carbocycles. The fourth-order valence-corrected chi connectivity index (χ4v) is 2.53. The van der Waals surface area contributed by atoms with Crippen molar-refractivity contribution in [1.82, 2.24) is 4.98 Å². The Morgan fingerprint density at radius 3 is 2.55 bits per heavy atom. The Labute approximate surface area is 168 Å². The number of hydrogen-bond acceptors (Lipinski definition) is 6. The van der Waals surface area contributed by atoms with Crippen LogP contribution in [0.15, 0.2) is 66.9 Å². The average Bonchev–Trinajstić information content (AvgIpc) is 2.77. The number of aromatic nitrogens is 1. The Morgan fingerprint density at radius 1 is 1.07 bits per heavy atom. The number of methoxy groups -OCH3 is 1. The topological polar surface area (TPSA) is 96.3 Å². The first-order valence-electron chi connectivity index (χ1n) is 8.96. The average molecular weight is 388 g/mol. The van der Waals surface area contributed by atoms with E-state index >= 15 is 0 Å². The number of anilines is 2. The number of carbonyl (C=O) groups is 1. The van der Waals surface area contributed by atoms with Crippen molar-refractivity contribution in [2.45, 2.75) is 0 Å². The summed E-state index contributed by atoms with van der Waals surface area (Å²) >= 11 is 0. The van der Waals surface area contributed by atoms with Crippen molar-refractivity contribution in [3.05, 3.63) is 78.1 Å². The molecule has 7 heteroatoms. The van der Waals surface area contributed by atoms with E-state index in [0.29, 0.717) is 24.4 Å². The molecule has 3 rings (SSSR count). The second-order valence-electron chi connectivity index (χ2n) is 6.03. The minimum atomic E-state index is -0.338. The van der Waals surface area contributed by atoms with Crippen LogP contribution in [0.25, 0.3) is 0 Å². The third kappa shape index (κ3) is 5.71. The van der Waals surface area contributed by atoms with E-state index in [-0.39, 0.29) is 11.6 Å². The highest BCUT2D eigenvalue weighted by Crippen LogP contribution is 2.17. The molecule has 0 spiro atoms. The fourth-order valence-electron chi connectivity index (χ4n) is 2.53. The molecule has 1 amide bonds. The number of rotatable bonds is 8. The lowest BCUT2D eigenvalue weighted by Gasteiger charge is -2.09. The van der Waals surface area contributed by atoms with Crippen molar-refractivity contribution in [2.75, 3.05) is 30.9 Å². The predicted octanol–water partition coefficient (Wildman–Crippen LogP) is 3.71. The first-order valence-corrected chi connectivity index (χ1v) is 8.96. The van der Waals surface area contributed by atoms with Crippen molar-refractivity contribution in [3.63, 3.8) is 0 Å². The van der Waals surface area contributed by atoms with Crippen LogP contribution in [0, 0.1) is 11.3 Å². The standard InChI is InChI=1S/C22H20N4O3/c1-28-19-6-8-20(9-7-19)29-12-11-24-18-5-10-21(25-15-18)22(27)26-17-4-2-3-16(13-17)14-23/h2-10,13,15,24H,11-12H2,1H3,(H,26,27). The molecule has 0 atom stereocenters. The van der Waals surface area contributed by atoms with Gasteiger partial charge in [-0.15, -0.1) is 0 Å². The van der Waals surface area contributed by atoms with Gasteiger partial charge in [0.05, 0.1) is 30.6 Å². The number of amides is 1. The van der Waals surface area contributed by atoms with Crippen LogP contribution in [0.1, 0.15) is 16.1 Å². The Morgan fingerprint density at radius 2 is 1.86 bits per heavy atom. The van der Waals surface area contributed by atoms with Gasteiger partial charge in [0, 0.05) is 12.2 Å². The quantitative estimate of drug-likeness (QED) is 0.571. The molecule has 0 aliphatic heterocycles. The third-order valence-electron chi connectivity index (χ3n) is 4.01. The van der Waals surface area contributed by atoms with Gasteiger partial charge >= 0.3 is 0 Å². The van der Waals surface area contributed by atoms with E-state index < -0.39 is 0 Å². The monoisotopic (exact) mass is 388 g/mol. The highest BCUT2D eigenvalue weighted by Gasteiger charge is 2.08. The number of nitriles is 1. The summed E-state index contributed by atoms with van der Waals surface area (Å²) < 4.78 is 10.8. The predicted molar refractivity (Wildman–Crippen MR) is 110 cm³/mol. The summed E-state index contributed by atoms with van der Waals surface area (Å²) in [6, 6.07) is 19.5. The van der Waals surface area contributed by atoms with E-state index in [4.69, 9.17) is 14.7 Å². The lowest BCUT2D eigenvalue weighted by atomic mass is 10.2. The van der Waals surface area contributed by atoms with Gasteiger partial charge in [-0.25, -0.2) is 4.98 Å². The van der Waals surface area contributed by atoms with Crippen LogP contribution in [-0.4, -0.2) is 31.2 Å². The summed E-state index contributed by atoms with van der Waals surface area (Å²) in [7, 11) is 1.62. The molecule has 0 unspecified atom stereocenters. The molecule has 2 N–H and O–H groups in total. The summed E-state index contributed by atoms with van der Waals surface area (Å²) in [6.07, 6.45) is 1.59. The largest absolute Gasteiger partial charge is 0.497 e. The maximum Gasteiger partial charge on any atom is 0.274 e. The van der Waals surface area contributed by atoms with Crippen molar-refractivity contribution in [3.8, 4) is 17.6 Å². The van der Waals surface area contributed by atoms with Gasteiger partial charge in [-0.1, -0.05) is 6.07 Å². The molecule has 0 aliphatic carbocycles. The van der Waals surface area contributed by atoms with Crippen LogP contribution in [-0.2, 0) is 0 Å². The smallest absolute Gasteiger partial charge is 0.274 e. The number of hydrogen-bond donors (Lipinski definition) is 2. The number of pyridine rings is 1. The third-order valence-corrected chi connectivity index (χ3v) is 4.01. The lowest BCUT2D eigenvalue weighted by molar-refractivity contribution is 0.102. The van der Waals surface area contributed by atoms with Gasteiger partial charge in [-0.3, -0.25) is 4.79 Å². The van der Waals surface area contributed by atoms with Crippen LogP contribution in [0.3, 0.4) is 0 Å². The van der Waals surface area contributed by atoms with Crippen LogP contribution in [0.5, 0.6) is 11.5 Å². The van der Waals surface area contributed by atoms with Gasteiger partial charge in [0.15, 0.2) is 0 Å². The molecule has 29 heavy (non-hydrogen) atoms. The summed E-state index contributed by atoms with van der Waals surface area (Å²) in [5.74, 6) is 1.20. The summed E-state index contributed by atoms with van der Waals surface area (Å²) in [5.41, 5.74) is 2.10. The fraction of sp³-hybridized carbons (Fsp3) is 0.136. The van der Waals surface area contributed by atoms with E-state index in [0.717, 1.165) is 17.2 Å². The number of nitrogens with zero attached hydrogens (tertiary/aromatic N) is 2. The zero-order valence-electron chi connectivity index (χ0n) is 15.9. The number of carbonyl (C=O) groups excluding carboxylic acids is 1. The SMILES string of the molecule is COc1ccc(OCCNc2ccc(C(=O)Nc3cccc(C#N)c3)nc2)cc1. The minimum Gasteiger partial charge on any atom is -0.497 e. The molecule has 7 nitrogen and oxygen atoms in total. The number of benzene rings is 2. The Kier molecular flexibility index (Phi) is 6.63. The zero-order chi connectivity index (χ0) is 20.5. The van der Waals surface area contributed by atoms with Gasteiger partial charge in [0.1, 0.15) is 23.8 Å². The Hall–Kier alpha value is -4.05. The normalized spacial score (nSPS) is 9.93. The maximum absolute atomic E-state index is 12.3. The lowest BCUT2D eigenvalue weighted by Crippen LogP contribution is -2.15. The van der Waals surface area contributed by atoms with Gasteiger partial charge in [-0.2, -0.15) is 5.26 Å². The van der Waals surface area contributed by atoms with Gasteiger partial charge < -0.3 is 20.1 Å². The minimum absolute atomic E-state index is 0.285. The van der Waals surface area contributed by atoms with Crippen molar-refractivity contribution in [2.24, 2.45) is 0 Å². The molecule has 3 aromatic rings. The molecule has 0 saturated heterocycles. The number of ether oxygens (including phenoxy) is 2. The molecule has 146 valence electrons. The molecule has 2 aromatic carbocycles. The van der Waals surface area contributed by atoms with Crippen LogP contribution < -0.4 is 20.1 Å². The molecular formula is C22H20N4O3. The summed E-state index contributed by atoms with van der Waals surface area (Å²) in [4.78, 5) is 16.5. The maximum atomic E-state index is 12.3. The van der Waals surface area contributed by atoms with Crippen molar-refractivity contribution in [1.29, 1.82) is 5.26 Å². The highest BCUT2D eigenvalue weighted by atomic mass is 16.5. The van der Waals surface area contributed by atoms with E-state index in [1.807, 2.05) is 30.3 Å².